The lowest BCUT2D eigenvalue weighted by Gasteiger charge is -2.34. The minimum absolute atomic E-state index is 0.0355. The van der Waals surface area contributed by atoms with Crippen molar-refractivity contribution in [2.75, 3.05) is 18.1 Å². The Morgan fingerprint density at radius 1 is 1.38 bits per heavy atom. The van der Waals surface area contributed by atoms with E-state index in [9.17, 15) is 9.59 Å². The Kier molecular flexibility index (Phi) is 6.11. The van der Waals surface area contributed by atoms with Gasteiger partial charge in [-0.25, -0.2) is 0 Å². The van der Waals surface area contributed by atoms with Gasteiger partial charge in [-0.05, 0) is 18.1 Å². The van der Waals surface area contributed by atoms with Crippen LogP contribution in [0.15, 0.2) is 28.7 Å². The molecule has 1 heterocycles. The second-order valence-electron chi connectivity index (χ2n) is 5.01. The number of carbonyl (C=O) groups is 2. The highest BCUT2D eigenvalue weighted by molar-refractivity contribution is 9.10. The van der Waals surface area contributed by atoms with Gasteiger partial charge < -0.3 is 10.0 Å². The summed E-state index contributed by atoms with van der Waals surface area (Å²) in [5.74, 6) is 0.813. The summed E-state index contributed by atoms with van der Waals surface area (Å²) >= 11 is 5.20. The molecule has 1 aliphatic heterocycles. The molecule has 1 saturated heterocycles. The van der Waals surface area contributed by atoms with Gasteiger partial charge in [0.25, 0.3) is 0 Å². The number of carboxylic acid groups (broad SMARTS) is 1. The maximum absolute atomic E-state index is 12.4. The molecule has 1 fully saturated rings. The first-order valence-electron chi connectivity index (χ1n) is 6.90. The molecule has 1 aliphatic rings. The number of thioether (sulfide) groups is 1. The monoisotopic (exact) mass is 371 g/mol. The molecular weight excluding hydrogens is 354 g/mol. The van der Waals surface area contributed by atoms with Crippen molar-refractivity contribution in [2.24, 2.45) is 0 Å². The minimum atomic E-state index is -0.842. The van der Waals surface area contributed by atoms with E-state index in [1.54, 1.807) is 16.7 Å². The van der Waals surface area contributed by atoms with Gasteiger partial charge in [-0.1, -0.05) is 34.1 Å². The molecule has 4 nitrogen and oxygen atoms in total. The van der Waals surface area contributed by atoms with Crippen LogP contribution in [0.25, 0.3) is 0 Å². The van der Waals surface area contributed by atoms with Crippen molar-refractivity contribution in [1.82, 2.24) is 4.90 Å². The fourth-order valence-electron chi connectivity index (χ4n) is 2.44. The van der Waals surface area contributed by atoms with Crippen LogP contribution in [0.5, 0.6) is 0 Å². The second-order valence-corrected chi connectivity index (χ2v) is 7.01. The van der Waals surface area contributed by atoms with Crippen LogP contribution >= 0.6 is 27.7 Å². The Hall–Kier alpha value is -1.01. The normalized spacial score (nSPS) is 18.5. The number of aliphatic carboxylic acids is 1. The number of hydrogen-bond acceptors (Lipinski definition) is 3. The maximum atomic E-state index is 12.4. The Labute approximate surface area is 137 Å². The number of amides is 1. The highest BCUT2D eigenvalue weighted by Gasteiger charge is 2.28. The first-order valence-corrected chi connectivity index (χ1v) is 8.85. The standard InChI is InChI=1S/C15H18BrNO3S/c16-13-4-2-1-3-11(13)5-6-14(18)17-7-8-21-10-12(17)9-15(19)20/h1-4,12H,5-10H2,(H,19,20). The third-order valence-corrected chi connectivity index (χ3v) is 5.39. The van der Waals surface area contributed by atoms with E-state index in [1.165, 1.54) is 0 Å². The van der Waals surface area contributed by atoms with Gasteiger partial charge in [0.05, 0.1) is 12.5 Å². The number of nitrogens with zero attached hydrogens (tertiary/aromatic N) is 1. The van der Waals surface area contributed by atoms with Gasteiger partial charge in [0.15, 0.2) is 0 Å². The molecule has 1 unspecified atom stereocenters. The molecule has 0 radical (unpaired) electrons. The van der Waals surface area contributed by atoms with Crippen LogP contribution in [-0.4, -0.2) is 46.0 Å². The van der Waals surface area contributed by atoms with Gasteiger partial charge in [-0.3, -0.25) is 9.59 Å². The Morgan fingerprint density at radius 3 is 2.86 bits per heavy atom. The third kappa shape index (κ3) is 4.74. The quantitative estimate of drug-likeness (QED) is 0.864. The summed E-state index contributed by atoms with van der Waals surface area (Å²) in [4.78, 5) is 25.0. The molecule has 2 rings (SSSR count). The van der Waals surface area contributed by atoms with Crippen molar-refractivity contribution in [3.63, 3.8) is 0 Å². The van der Waals surface area contributed by atoms with Crippen molar-refractivity contribution in [1.29, 1.82) is 0 Å². The van der Waals surface area contributed by atoms with Crippen LogP contribution in [0.1, 0.15) is 18.4 Å². The SMILES string of the molecule is O=C(O)CC1CSCCN1C(=O)CCc1ccccc1Br. The Morgan fingerprint density at radius 2 is 2.14 bits per heavy atom. The smallest absolute Gasteiger partial charge is 0.305 e. The second kappa shape index (κ2) is 7.84. The lowest BCUT2D eigenvalue weighted by molar-refractivity contribution is -0.140. The zero-order valence-corrected chi connectivity index (χ0v) is 14.0. The number of hydrogen-bond donors (Lipinski definition) is 1. The first-order chi connectivity index (χ1) is 10.1. The zero-order chi connectivity index (χ0) is 15.2. The van der Waals surface area contributed by atoms with Crippen molar-refractivity contribution >= 4 is 39.6 Å². The molecule has 114 valence electrons. The molecule has 1 atom stereocenters. The van der Waals surface area contributed by atoms with Crippen LogP contribution < -0.4 is 0 Å². The highest BCUT2D eigenvalue weighted by Crippen LogP contribution is 2.22. The largest absolute Gasteiger partial charge is 0.481 e. The highest BCUT2D eigenvalue weighted by atomic mass is 79.9. The lowest BCUT2D eigenvalue weighted by Crippen LogP contribution is -2.47. The molecule has 1 aromatic carbocycles. The number of halogens is 1. The molecule has 6 heteroatoms. The van der Waals surface area contributed by atoms with Crippen LogP contribution in [0, 0.1) is 0 Å². The summed E-state index contributed by atoms with van der Waals surface area (Å²) in [6, 6.07) is 7.69. The van der Waals surface area contributed by atoms with E-state index < -0.39 is 5.97 Å². The number of benzene rings is 1. The van der Waals surface area contributed by atoms with Crippen molar-refractivity contribution in [2.45, 2.75) is 25.3 Å². The van der Waals surface area contributed by atoms with Gasteiger partial charge in [-0.15, -0.1) is 0 Å². The van der Waals surface area contributed by atoms with Crippen molar-refractivity contribution < 1.29 is 14.7 Å². The number of aryl methyl sites for hydroxylation is 1. The molecule has 0 bridgehead atoms. The summed E-state index contributed by atoms with van der Waals surface area (Å²) < 4.78 is 1.01. The lowest BCUT2D eigenvalue weighted by atomic mass is 10.1. The molecular formula is C15H18BrNO3S. The maximum Gasteiger partial charge on any atom is 0.305 e. The van der Waals surface area contributed by atoms with E-state index >= 15 is 0 Å². The number of carbonyl (C=O) groups excluding carboxylic acids is 1. The Balaban J connectivity index is 1.94. The van der Waals surface area contributed by atoms with Crippen LogP contribution in [0.3, 0.4) is 0 Å². The summed E-state index contributed by atoms with van der Waals surface area (Å²) in [7, 11) is 0. The minimum Gasteiger partial charge on any atom is -0.481 e. The topological polar surface area (TPSA) is 57.6 Å². The third-order valence-electron chi connectivity index (χ3n) is 3.52. The molecule has 0 aromatic heterocycles. The first kappa shape index (κ1) is 16.4. The molecule has 21 heavy (non-hydrogen) atoms. The summed E-state index contributed by atoms with van der Waals surface area (Å²) in [6.07, 6.45) is 1.13. The van der Waals surface area contributed by atoms with E-state index in [0.29, 0.717) is 25.1 Å². The van der Waals surface area contributed by atoms with Gasteiger partial charge in [0.2, 0.25) is 5.91 Å². The predicted octanol–water partition coefficient (Wildman–Crippen LogP) is 2.80. The van der Waals surface area contributed by atoms with Gasteiger partial charge in [0.1, 0.15) is 0 Å². The van der Waals surface area contributed by atoms with Gasteiger partial charge in [-0.2, -0.15) is 11.8 Å². The van der Waals surface area contributed by atoms with Crippen molar-refractivity contribution in [3.05, 3.63) is 34.3 Å². The van der Waals surface area contributed by atoms with E-state index in [2.05, 4.69) is 15.9 Å². The molecule has 1 aromatic rings. The van der Waals surface area contributed by atoms with Crippen LogP contribution in [-0.2, 0) is 16.0 Å². The van der Waals surface area contributed by atoms with Crippen LogP contribution in [0.4, 0.5) is 0 Å². The number of rotatable bonds is 5. The molecule has 1 N–H and O–H groups in total. The molecule has 0 spiro atoms. The number of carboxylic acids is 1. The summed E-state index contributed by atoms with van der Waals surface area (Å²) in [5, 5.41) is 8.96. The Bertz CT molecular complexity index is 523. The molecule has 0 aliphatic carbocycles. The zero-order valence-electron chi connectivity index (χ0n) is 11.6. The summed E-state index contributed by atoms with van der Waals surface area (Å²) in [6.45, 7) is 0.650. The van der Waals surface area contributed by atoms with Crippen molar-refractivity contribution in [3.8, 4) is 0 Å². The molecule has 1 amide bonds. The fraction of sp³-hybridized carbons (Fsp3) is 0.467. The van der Waals surface area contributed by atoms with E-state index in [-0.39, 0.29) is 18.4 Å². The predicted molar refractivity (Wildman–Crippen MR) is 87.5 cm³/mol. The van der Waals surface area contributed by atoms with Gasteiger partial charge in [0, 0.05) is 28.9 Å². The van der Waals surface area contributed by atoms with E-state index in [0.717, 1.165) is 15.8 Å². The van der Waals surface area contributed by atoms with Crippen LogP contribution in [0.2, 0.25) is 0 Å². The summed E-state index contributed by atoms with van der Waals surface area (Å²) in [5.41, 5.74) is 1.10. The van der Waals surface area contributed by atoms with E-state index in [4.69, 9.17) is 5.11 Å². The van der Waals surface area contributed by atoms with E-state index in [1.807, 2.05) is 24.3 Å². The van der Waals surface area contributed by atoms with Gasteiger partial charge >= 0.3 is 5.97 Å². The average molecular weight is 372 g/mol. The molecule has 0 saturated carbocycles. The average Bonchev–Trinajstić information content (AvgIpc) is 2.46. The fourth-order valence-corrected chi connectivity index (χ4v) is 3.99.